The van der Waals surface area contributed by atoms with Crippen LogP contribution in [0.1, 0.15) is 22.4 Å². The number of nitrogens with zero attached hydrogens (tertiary/aromatic N) is 2. The monoisotopic (exact) mass is 387 g/mol. The number of aliphatic imine (C=N–C) groups is 1. The van der Waals surface area contributed by atoms with Crippen LogP contribution < -0.4 is 5.32 Å². The predicted molar refractivity (Wildman–Crippen MR) is 117 cm³/mol. The molecule has 1 aromatic heterocycles. The normalized spacial score (nSPS) is 16.8. The van der Waals surface area contributed by atoms with Crippen molar-refractivity contribution in [3.05, 3.63) is 88.1 Å². The molecule has 1 fully saturated rings. The second-order valence-corrected chi connectivity index (χ2v) is 7.92. The van der Waals surface area contributed by atoms with Gasteiger partial charge in [0, 0.05) is 17.6 Å². The molecule has 5 heteroatoms. The van der Waals surface area contributed by atoms with Gasteiger partial charge in [-0.15, -0.1) is 0 Å². The molecule has 4 nitrogen and oxygen atoms in total. The van der Waals surface area contributed by atoms with Gasteiger partial charge in [0.1, 0.15) is 0 Å². The van der Waals surface area contributed by atoms with Crippen molar-refractivity contribution in [3.63, 3.8) is 0 Å². The van der Waals surface area contributed by atoms with Crippen LogP contribution in [0.15, 0.2) is 70.7 Å². The third-order valence-electron chi connectivity index (χ3n) is 4.74. The van der Waals surface area contributed by atoms with Gasteiger partial charge < -0.3 is 9.88 Å². The Morgan fingerprint density at radius 2 is 1.79 bits per heavy atom. The van der Waals surface area contributed by atoms with Gasteiger partial charge in [-0.3, -0.25) is 4.79 Å². The number of carbonyl (C=O) groups excluding carboxylic acids is 1. The lowest BCUT2D eigenvalue weighted by molar-refractivity contribution is -0.115. The molecule has 1 amide bonds. The van der Waals surface area contributed by atoms with Crippen LogP contribution in [0.25, 0.3) is 11.8 Å². The molecule has 2 aromatic carbocycles. The Morgan fingerprint density at radius 3 is 2.54 bits per heavy atom. The fourth-order valence-corrected chi connectivity index (χ4v) is 3.80. The quantitative estimate of drug-likeness (QED) is 0.620. The van der Waals surface area contributed by atoms with E-state index in [9.17, 15) is 4.79 Å². The van der Waals surface area contributed by atoms with Gasteiger partial charge in [-0.2, -0.15) is 0 Å². The van der Waals surface area contributed by atoms with Crippen molar-refractivity contribution in [1.82, 2.24) is 9.88 Å². The summed E-state index contributed by atoms with van der Waals surface area (Å²) in [6, 6.07) is 18.3. The average Bonchev–Trinajstić information content (AvgIpc) is 3.26. The molecule has 0 spiro atoms. The maximum Gasteiger partial charge on any atom is 0.264 e. The van der Waals surface area contributed by atoms with Gasteiger partial charge in [-0.05, 0) is 86.1 Å². The highest BCUT2D eigenvalue weighted by Gasteiger charge is 2.24. The summed E-state index contributed by atoms with van der Waals surface area (Å²) in [5.74, 6) is -0.122. The smallest absolute Gasteiger partial charge is 0.264 e. The summed E-state index contributed by atoms with van der Waals surface area (Å²) in [5.41, 5.74) is 6.55. The lowest BCUT2D eigenvalue weighted by atomic mass is 10.1. The number of aryl methyl sites for hydroxylation is 3. The average molecular weight is 388 g/mol. The van der Waals surface area contributed by atoms with E-state index in [1.165, 1.54) is 28.5 Å². The van der Waals surface area contributed by atoms with E-state index in [1.54, 1.807) is 0 Å². The first kappa shape index (κ1) is 18.3. The van der Waals surface area contributed by atoms with Crippen molar-refractivity contribution in [2.75, 3.05) is 0 Å². The van der Waals surface area contributed by atoms with Gasteiger partial charge in [0.2, 0.25) is 0 Å². The van der Waals surface area contributed by atoms with Gasteiger partial charge >= 0.3 is 0 Å². The van der Waals surface area contributed by atoms with E-state index in [2.05, 4.69) is 46.9 Å². The van der Waals surface area contributed by atoms with Crippen LogP contribution in [0, 0.1) is 20.8 Å². The number of benzene rings is 2. The Labute approximate surface area is 169 Å². The lowest BCUT2D eigenvalue weighted by Crippen LogP contribution is -2.19. The number of nitrogens with one attached hydrogen (secondary N) is 1. The number of hydrogen-bond acceptors (Lipinski definition) is 3. The fourth-order valence-electron chi connectivity index (χ4n) is 2.97. The molecule has 0 radical (unpaired) electrons. The zero-order valence-corrected chi connectivity index (χ0v) is 16.9. The van der Waals surface area contributed by atoms with E-state index in [-0.39, 0.29) is 5.91 Å². The fraction of sp³-hybridized carbons (Fsp3) is 0.130. The minimum Gasteiger partial charge on any atom is -0.317 e. The first-order chi connectivity index (χ1) is 13.5. The predicted octanol–water partition coefficient (Wildman–Crippen LogP) is 5.29. The molecular weight excluding hydrogens is 366 g/mol. The Hall–Kier alpha value is -3.05. The van der Waals surface area contributed by atoms with Crippen molar-refractivity contribution in [2.24, 2.45) is 4.99 Å². The molecule has 0 unspecified atom stereocenters. The van der Waals surface area contributed by atoms with Crippen LogP contribution in [0.4, 0.5) is 5.69 Å². The Morgan fingerprint density at radius 1 is 1.00 bits per heavy atom. The van der Waals surface area contributed by atoms with Gasteiger partial charge in [0.25, 0.3) is 5.91 Å². The Bertz CT molecular complexity index is 1110. The van der Waals surface area contributed by atoms with Crippen LogP contribution in [0.5, 0.6) is 0 Å². The Kier molecular flexibility index (Phi) is 4.92. The number of amidine groups is 1. The van der Waals surface area contributed by atoms with Crippen LogP contribution in [-0.4, -0.2) is 15.6 Å². The molecule has 0 saturated carbocycles. The Balaban J connectivity index is 1.62. The van der Waals surface area contributed by atoms with Crippen LogP contribution in [0.3, 0.4) is 0 Å². The summed E-state index contributed by atoms with van der Waals surface area (Å²) in [6.07, 6.45) is 3.92. The number of carbonyl (C=O) groups is 1. The molecule has 1 N–H and O–H groups in total. The van der Waals surface area contributed by atoms with Gasteiger partial charge in [0.15, 0.2) is 5.17 Å². The number of rotatable bonds is 3. The molecule has 4 rings (SSSR count). The molecule has 28 heavy (non-hydrogen) atoms. The zero-order valence-electron chi connectivity index (χ0n) is 16.1. The highest BCUT2D eigenvalue weighted by molar-refractivity contribution is 8.18. The molecule has 140 valence electrons. The zero-order chi connectivity index (χ0) is 19.7. The van der Waals surface area contributed by atoms with Crippen molar-refractivity contribution in [3.8, 4) is 5.69 Å². The second kappa shape index (κ2) is 7.52. The summed E-state index contributed by atoms with van der Waals surface area (Å²) in [4.78, 5) is 17.6. The van der Waals surface area contributed by atoms with Crippen molar-refractivity contribution in [1.29, 1.82) is 0 Å². The summed E-state index contributed by atoms with van der Waals surface area (Å²) in [6.45, 7) is 6.25. The summed E-state index contributed by atoms with van der Waals surface area (Å²) >= 11 is 1.36. The molecule has 0 atom stereocenters. The van der Waals surface area contributed by atoms with Gasteiger partial charge in [0.05, 0.1) is 10.6 Å². The number of aromatic nitrogens is 1. The first-order valence-corrected chi connectivity index (χ1v) is 9.92. The van der Waals surface area contributed by atoms with Crippen molar-refractivity contribution < 1.29 is 4.79 Å². The third-order valence-corrected chi connectivity index (χ3v) is 5.65. The molecule has 3 aromatic rings. The van der Waals surface area contributed by atoms with Gasteiger partial charge in [-0.1, -0.05) is 23.8 Å². The van der Waals surface area contributed by atoms with Crippen molar-refractivity contribution >= 4 is 34.6 Å². The summed E-state index contributed by atoms with van der Waals surface area (Å²) in [5, 5.41) is 3.45. The SMILES string of the molecule is Cc1ccc(N=C2NC(=O)/C(=C\c3cccn3-c3ccc(C)c(C)c3)S2)cc1. The maximum absolute atomic E-state index is 12.4. The molecule has 0 aliphatic carbocycles. The van der Waals surface area contributed by atoms with E-state index in [0.29, 0.717) is 10.1 Å². The summed E-state index contributed by atoms with van der Waals surface area (Å²) in [7, 11) is 0. The van der Waals surface area contributed by atoms with E-state index in [4.69, 9.17) is 0 Å². The molecule has 2 heterocycles. The molecule has 0 bridgehead atoms. The van der Waals surface area contributed by atoms with E-state index in [0.717, 1.165) is 17.1 Å². The third kappa shape index (κ3) is 3.80. The molecule has 1 aliphatic heterocycles. The number of hydrogen-bond donors (Lipinski definition) is 1. The van der Waals surface area contributed by atoms with E-state index < -0.39 is 0 Å². The lowest BCUT2D eigenvalue weighted by Gasteiger charge is -2.09. The molecule has 1 saturated heterocycles. The van der Waals surface area contributed by atoms with Crippen molar-refractivity contribution in [2.45, 2.75) is 20.8 Å². The molecule has 1 aliphatic rings. The minimum atomic E-state index is -0.122. The number of thioether (sulfide) groups is 1. The second-order valence-electron chi connectivity index (χ2n) is 6.89. The van der Waals surface area contributed by atoms with Gasteiger partial charge in [-0.25, -0.2) is 4.99 Å². The summed E-state index contributed by atoms with van der Waals surface area (Å²) < 4.78 is 2.09. The van der Waals surface area contributed by atoms with Crippen LogP contribution in [0.2, 0.25) is 0 Å². The van der Waals surface area contributed by atoms with Crippen LogP contribution >= 0.6 is 11.8 Å². The topological polar surface area (TPSA) is 46.4 Å². The molecular formula is C23H21N3OS. The number of amides is 1. The first-order valence-electron chi connectivity index (χ1n) is 9.11. The van der Waals surface area contributed by atoms with Crippen LogP contribution in [-0.2, 0) is 4.79 Å². The van der Waals surface area contributed by atoms with E-state index >= 15 is 0 Å². The largest absolute Gasteiger partial charge is 0.317 e. The highest BCUT2D eigenvalue weighted by atomic mass is 32.2. The van der Waals surface area contributed by atoms with E-state index in [1.807, 2.05) is 55.6 Å². The highest BCUT2D eigenvalue weighted by Crippen LogP contribution is 2.29. The maximum atomic E-state index is 12.4. The standard InChI is InChI=1S/C23H21N3OS/c1-15-6-9-18(10-7-15)24-23-25-22(27)21(28-23)14-19-5-4-12-26(19)20-11-8-16(2)17(3)13-20/h4-14H,1-3H3,(H,24,25,27)/b21-14+. The minimum absolute atomic E-state index is 0.122.